The number of alkyl halides is 2. The van der Waals surface area contributed by atoms with Gasteiger partial charge in [-0.2, -0.15) is 8.78 Å². The molecule has 0 radical (unpaired) electrons. The number of benzene rings is 2. The maximum Gasteiger partial charge on any atom is 0.394 e. The second kappa shape index (κ2) is 14.7. The zero-order chi connectivity index (χ0) is 25.7. The molecule has 0 atom stereocenters. The number of rotatable bonds is 15. The monoisotopic (exact) mass is 526 g/mol. The summed E-state index contributed by atoms with van der Waals surface area (Å²) in [5.41, 5.74) is 6.63. The zero-order valence-corrected chi connectivity index (χ0v) is 21.1. The Balaban J connectivity index is 2.11. The summed E-state index contributed by atoms with van der Waals surface area (Å²) in [4.78, 5) is 16.3. The Bertz CT molecular complexity index is 1000. The number of aliphatic hydroxyl groups excluding tert-OH is 1. The lowest BCUT2D eigenvalue weighted by Crippen LogP contribution is -2.36. The molecule has 11 heteroatoms. The molecule has 2 aromatic rings. The van der Waals surface area contributed by atoms with Crippen molar-refractivity contribution in [3.8, 4) is 5.75 Å². The van der Waals surface area contributed by atoms with Gasteiger partial charge < -0.3 is 15.2 Å². The molecular weight excluding hydrogens is 498 g/mol. The van der Waals surface area contributed by atoms with Crippen LogP contribution in [0, 0.1) is 0 Å². The average molecular weight is 527 g/mol. The predicted octanol–water partition coefficient (Wildman–Crippen LogP) is 4.57. The summed E-state index contributed by atoms with van der Waals surface area (Å²) in [5.74, 6) is 0.886. The Hall–Kier alpha value is -2.66. The highest BCUT2D eigenvalue weighted by molar-refractivity contribution is 8.11. The highest BCUT2D eigenvalue weighted by Gasteiger charge is 2.23. The van der Waals surface area contributed by atoms with Crippen LogP contribution in [0.3, 0.4) is 0 Å². The Labute approximate surface area is 213 Å². The largest absolute Gasteiger partial charge is 0.433 e. The minimum Gasteiger partial charge on any atom is -0.433 e. The highest BCUT2D eigenvalue weighted by Crippen LogP contribution is 2.23. The third-order valence-electron chi connectivity index (χ3n) is 4.45. The molecule has 0 spiro atoms. The number of thioether (sulfide) groups is 1. The van der Waals surface area contributed by atoms with Gasteiger partial charge in [-0.3, -0.25) is 9.80 Å². The molecule has 0 amide bonds. The summed E-state index contributed by atoms with van der Waals surface area (Å²) in [6.45, 7) is 1.58. The number of aldehydes is 1. The summed E-state index contributed by atoms with van der Waals surface area (Å²) in [5, 5.41) is 14.3. The molecule has 0 saturated carbocycles. The van der Waals surface area contributed by atoms with Crippen LogP contribution >= 0.6 is 23.4 Å². The summed E-state index contributed by atoms with van der Waals surface area (Å²) in [6.07, 6.45) is -2.05. The summed E-state index contributed by atoms with van der Waals surface area (Å²) >= 11 is 7.26. The van der Waals surface area contributed by atoms with E-state index in [4.69, 9.17) is 16.7 Å². The van der Waals surface area contributed by atoms with E-state index in [1.54, 1.807) is 47.9 Å². The van der Waals surface area contributed by atoms with Gasteiger partial charge in [-0.05, 0) is 41.8 Å². The minimum atomic E-state index is -3.26. The third-order valence-corrected chi connectivity index (χ3v) is 5.46. The maximum atomic E-state index is 13.1. The van der Waals surface area contributed by atoms with Crippen LogP contribution < -0.4 is 15.5 Å². The van der Waals surface area contributed by atoms with Crippen LogP contribution in [0.2, 0.25) is 5.02 Å². The van der Waals surface area contributed by atoms with Gasteiger partial charge in [-0.1, -0.05) is 35.9 Å². The first kappa shape index (κ1) is 28.6. The normalized spacial score (nSPS) is 12.4. The molecule has 2 aromatic carbocycles. The summed E-state index contributed by atoms with van der Waals surface area (Å²) in [7, 11) is 1.72. The van der Waals surface area contributed by atoms with Crippen LogP contribution in [0.5, 0.6) is 5.75 Å². The van der Waals surface area contributed by atoms with Crippen molar-refractivity contribution in [3.63, 3.8) is 0 Å². The molecule has 0 aliphatic heterocycles. The number of halogens is 3. The number of nitrogens with one attached hydrogen (secondary N) is 2. The number of nitrogens with zero attached hydrogens (tertiary/aromatic N) is 2. The lowest BCUT2D eigenvalue weighted by Gasteiger charge is -2.22. The van der Waals surface area contributed by atoms with Gasteiger partial charge in [0, 0.05) is 44.4 Å². The lowest BCUT2D eigenvalue weighted by molar-refractivity contribution is -0.158. The lowest BCUT2D eigenvalue weighted by atomic mass is 10.2. The van der Waals surface area contributed by atoms with Crippen molar-refractivity contribution in [2.24, 2.45) is 4.99 Å². The van der Waals surface area contributed by atoms with Gasteiger partial charge in [-0.25, -0.2) is 10.4 Å². The van der Waals surface area contributed by atoms with E-state index in [2.05, 4.69) is 20.5 Å². The highest BCUT2D eigenvalue weighted by atomic mass is 35.5. The first-order chi connectivity index (χ1) is 16.7. The van der Waals surface area contributed by atoms with Crippen molar-refractivity contribution in [1.82, 2.24) is 15.8 Å². The van der Waals surface area contributed by atoms with Crippen LogP contribution in [0.1, 0.15) is 24.5 Å². The molecule has 0 unspecified atom stereocenters. The molecule has 0 heterocycles. The van der Waals surface area contributed by atoms with Gasteiger partial charge in [0.15, 0.2) is 12.1 Å². The van der Waals surface area contributed by atoms with Crippen LogP contribution in [0.4, 0.5) is 8.78 Å². The molecule has 7 nitrogen and oxygen atoms in total. The van der Waals surface area contributed by atoms with Crippen LogP contribution in [0.15, 0.2) is 65.0 Å². The van der Waals surface area contributed by atoms with Crippen molar-refractivity contribution < 1.29 is 23.4 Å². The third kappa shape index (κ3) is 11.1. The Kier molecular flexibility index (Phi) is 12.0. The molecule has 2 rings (SSSR count). The van der Waals surface area contributed by atoms with Gasteiger partial charge in [0.1, 0.15) is 11.4 Å². The summed E-state index contributed by atoms with van der Waals surface area (Å²) < 4.78 is 30.8. The molecule has 35 heavy (non-hydrogen) atoms. The maximum absolute atomic E-state index is 13.1. The van der Waals surface area contributed by atoms with Gasteiger partial charge >= 0.3 is 6.11 Å². The van der Waals surface area contributed by atoms with Gasteiger partial charge in [0.05, 0.1) is 5.55 Å². The van der Waals surface area contributed by atoms with Crippen molar-refractivity contribution in [3.05, 3.63) is 76.2 Å². The van der Waals surface area contributed by atoms with Crippen molar-refractivity contribution in [1.29, 1.82) is 0 Å². The van der Waals surface area contributed by atoms with E-state index in [9.17, 15) is 13.6 Å². The summed E-state index contributed by atoms with van der Waals surface area (Å²) in [6, 6.07) is 13.7. The van der Waals surface area contributed by atoms with Crippen LogP contribution in [-0.4, -0.2) is 48.3 Å². The molecule has 3 N–H and O–H groups in total. The Morgan fingerprint density at radius 2 is 2.00 bits per heavy atom. The van der Waals surface area contributed by atoms with Crippen LogP contribution in [-0.2, 0) is 17.1 Å². The number of ether oxygens (including phenoxy) is 1. The molecule has 190 valence electrons. The fourth-order valence-electron chi connectivity index (χ4n) is 2.84. The number of hydrogen-bond acceptors (Lipinski definition) is 8. The molecule has 0 aromatic heterocycles. The van der Waals surface area contributed by atoms with E-state index < -0.39 is 6.11 Å². The molecule has 0 bridgehead atoms. The van der Waals surface area contributed by atoms with Crippen molar-refractivity contribution >= 4 is 35.2 Å². The van der Waals surface area contributed by atoms with Crippen molar-refractivity contribution in [2.45, 2.75) is 31.8 Å². The topological polar surface area (TPSA) is 86.2 Å². The van der Waals surface area contributed by atoms with E-state index in [-0.39, 0.29) is 18.1 Å². The zero-order valence-electron chi connectivity index (χ0n) is 19.5. The van der Waals surface area contributed by atoms with E-state index in [1.807, 2.05) is 12.1 Å². The Morgan fingerprint density at radius 3 is 2.66 bits per heavy atom. The Morgan fingerprint density at radius 1 is 1.26 bits per heavy atom. The first-order valence-electron chi connectivity index (χ1n) is 10.8. The fourth-order valence-corrected chi connectivity index (χ4v) is 3.58. The SMILES string of the molecule is CN(NCCCO)/C(N=CSCc1cccc(OC(C)(F)F)c1)=C(\C=O)NCc1ccc(Cl)cc1. The van der Waals surface area contributed by atoms with E-state index in [1.165, 1.54) is 17.8 Å². The quantitative estimate of drug-likeness (QED) is 0.0782. The smallest absolute Gasteiger partial charge is 0.394 e. The molecular formula is C24H29ClF2N4O3S. The van der Waals surface area contributed by atoms with Gasteiger partial charge in [-0.15, -0.1) is 11.8 Å². The van der Waals surface area contributed by atoms with Crippen LogP contribution in [0.25, 0.3) is 0 Å². The molecule has 0 fully saturated rings. The number of aliphatic hydroxyl groups is 1. The predicted molar refractivity (Wildman–Crippen MR) is 136 cm³/mol. The molecule has 0 aliphatic rings. The van der Waals surface area contributed by atoms with Gasteiger partial charge in [0.25, 0.3) is 0 Å². The average Bonchev–Trinajstić information content (AvgIpc) is 2.81. The molecule has 0 saturated heterocycles. The van der Waals surface area contributed by atoms with E-state index in [0.29, 0.717) is 49.3 Å². The number of aliphatic imine (C=N–C) groups is 1. The van der Waals surface area contributed by atoms with E-state index >= 15 is 0 Å². The van der Waals surface area contributed by atoms with Crippen molar-refractivity contribution in [2.75, 3.05) is 20.2 Å². The minimum absolute atomic E-state index is 0.0289. The van der Waals surface area contributed by atoms with Gasteiger partial charge in [0.2, 0.25) is 0 Å². The second-order valence-electron chi connectivity index (χ2n) is 7.48. The fraction of sp³-hybridized carbons (Fsp3) is 0.333. The number of carbonyl (C=O) groups excluding carboxylic acids is 1. The number of carbonyl (C=O) groups is 1. The number of allylic oxidation sites excluding steroid dienone is 1. The molecule has 0 aliphatic carbocycles. The second-order valence-corrected chi connectivity index (χ2v) is 8.75. The van der Waals surface area contributed by atoms with E-state index in [0.717, 1.165) is 11.1 Å². The first-order valence-corrected chi connectivity index (χ1v) is 12.2. The standard InChI is InChI=1S/C24H29ClF2N4O3S/c1-24(26,27)34-21-6-3-5-19(13-21)16-35-17-29-23(31(2)30-11-4-12-32)22(15-33)28-14-18-7-9-20(25)10-8-18/h3,5-10,13,15,17,28,30,32H,4,11-12,14,16H2,1-2H3/b23-22+,29-17?. The number of hydrazine groups is 1. The number of hydrogen-bond donors (Lipinski definition) is 3.